The van der Waals surface area contributed by atoms with Crippen LogP contribution in [0.4, 0.5) is 0 Å². The minimum atomic E-state index is -1.72. The van der Waals surface area contributed by atoms with E-state index in [-0.39, 0.29) is 0 Å². The second kappa shape index (κ2) is 6.67. The van der Waals surface area contributed by atoms with Crippen LogP contribution in [0.15, 0.2) is 60.7 Å². The number of amides is 1. The number of rotatable bonds is 5. The monoisotopic (exact) mass is 285 g/mol. The van der Waals surface area contributed by atoms with E-state index >= 15 is 0 Å². The van der Waals surface area contributed by atoms with Crippen LogP contribution in [-0.2, 0) is 4.79 Å². The van der Waals surface area contributed by atoms with Gasteiger partial charge in [-0.3, -0.25) is 4.79 Å². The number of nitrogens with one attached hydrogen (secondary N) is 1. The van der Waals surface area contributed by atoms with Crippen LogP contribution in [0.2, 0.25) is 0 Å². The Kier molecular flexibility index (Phi) is 4.68. The molecule has 0 spiro atoms. The highest BCUT2D eigenvalue weighted by atomic mass is 16.4. The molecule has 1 unspecified atom stereocenters. The molecule has 0 aliphatic carbocycles. The minimum Gasteiger partial charge on any atom is -0.479 e. The van der Waals surface area contributed by atoms with Crippen LogP contribution in [0.5, 0.6) is 0 Å². The van der Waals surface area contributed by atoms with Crippen molar-refractivity contribution in [1.82, 2.24) is 5.32 Å². The highest BCUT2D eigenvalue weighted by molar-refractivity contribution is 5.94. The first-order valence-electron chi connectivity index (χ1n) is 6.41. The molecule has 2 rings (SSSR count). The van der Waals surface area contributed by atoms with Gasteiger partial charge >= 0.3 is 5.97 Å². The highest BCUT2D eigenvalue weighted by Crippen LogP contribution is 2.18. The Labute approximate surface area is 121 Å². The Morgan fingerprint density at radius 3 is 1.95 bits per heavy atom. The maximum Gasteiger partial charge on any atom is 0.335 e. The van der Waals surface area contributed by atoms with Gasteiger partial charge in [0.05, 0.1) is 6.04 Å². The summed E-state index contributed by atoms with van der Waals surface area (Å²) in [7, 11) is 0. The fraction of sp³-hybridized carbons (Fsp3) is 0.125. The molecule has 0 aliphatic rings. The molecule has 0 fully saturated rings. The molecule has 5 nitrogen and oxygen atoms in total. The van der Waals surface area contributed by atoms with Gasteiger partial charge in [-0.2, -0.15) is 0 Å². The summed E-state index contributed by atoms with van der Waals surface area (Å²) >= 11 is 0. The van der Waals surface area contributed by atoms with Crippen molar-refractivity contribution >= 4 is 11.9 Å². The molecule has 2 aromatic carbocycles. The van der Waals surface area contributed by atoms with Gasteiger partial charge in [0.15, 0.2) is 6.10 Å². The number of hydrogen-bond donors (Lipinski definition) is 3. The summed E-state index contributed by atoms with van der Waals surface area (Å²) in [5, 5.41) is 21.4. The maximum absolute atomic E-state index is 12.1. The molecule has 108 valence electrons. The molecule has 2 aromatic rings. The van der Waals surface area contributed by atoms with Gasteiger partial charge < -0.3 is 15.5 Å². The number of aliphatic hydroxyl groups is 1. The third-order valence-corrected chi connectivity index (χ3v) is 3.05. The maximum atomic E-state index is 12.1. The van der Waals surface area contributed by atoms with E-state index in [2.05, 4.69) is 5.32 Å². The zero-order chi connectivity index (χ0) is 15.2. The average molecular weight is 285 g/mol. The molecule has 21 heavy (non-hydrogen) atoms. The molecule has 0 saturated carbocycles. The third-order valence-electron chi connectivity index (χ3n) is 3.05. The zero-order valence-corrected chi connectivity index (χ0v) is 11.1. The van der Waals surface area contributed by atoms with Gasteiger partial charge in [0.25, 0.3) is 5.91 Å². The van der Waals surface area contributed by atoms with Gasteiger partial charge in [-0.25, -0.2) is 4.79 Å². The highest BCUT2D eigenvalue weighted by Gasteiger charge is 2.28. The van der Waals surface area contributed by atoms with Crippen molar-refractivity contribution in [2.75, 3.05) is 0 Å². The number of aliphatic carboxylic acids is 1. The zero-order valence-electron chi connectivity index (χ0n) is 11.1. The van der Waals surface area contributed by atoms with Gasteiger partial charge in [-0.05, 0) is 17.7 Å². The number of carbonyl (C=O) groups is 2. The molecular weight excluding hydrogens is 270 g/mol. The van der Waals surface area contributed by atoms with Crippen LogP contribution in [0.25, 0.3) is 0 Å². The lowest BCUT2D eigenvalue weighted by Crippen LogP contribution is -2.40. The Hall–Kier alpha value is -2.66. The molecule has 0 radical (unpaired) electrons. The summed E-state index contributed by atoms with van der Waals surface area (Å²) in [4.78, 5) is 23.2. The molecule has 1 amide bonds. The predicted octanol–water partition coefficient (Wildman–Crippen LogP) is 1.60. The predicted molar refractivity (Wildman–Crippen MR) is 76.7 cm³/mol. The first-order valence-corrected chi connectivity index (χ1v) is 6.41. The molecule has 3 N–H and O–H groups in total. The number of carboxylic acids is 1. The number of aliphatic hydroxyl groups excluding tert-OH is 1. The molecule has 0 saturated heterocycles. The lowest BCUT2D eigenvalue weighted by atomic mass is 10.0. The fourth-order valence-corrected chi connectivity index (χ4v) is 1.96. The van der Waals surface area contributed by atoms with E-state index in [4.69, 9.17) is 5.11 Å². The van der Waals surface area contributed by atoms with Crippen molar-refractivity contribution < 1.29 is 19.8 Å². The second-order valence-corrected chi connectivity index (χ2v) is 4.51. The average Bonchev–Trinajstić information content (AvgIpc) is 2.53. The Balaban J connectivity index is 2.25. The van der Waals surface area contributed by atoms with E-state index in [1.165, 1.54) is 0 Å². The molecule has 2 atom stereocenters. The number of carboxylic acid groups (broad SMARTS) is 1. The van der Waals surface area contributed by atoms with Crippen LogP contribution in [0.3, 0.4) is 0 Å². The molecule has 0 heterocycles. The fourth-order valence-electron chi connectivity index (χ4n) is 1.96. The SMILES string of the molecule is O=C(NC(c1ccccc1)[C@@H](O)C(=O)O)c1ccccc1. The largest absolute Gasteiger partial charge is 0.479 e. The van der Waals surface area contributed by atoms with Crippen LogP contribution < -0.4 is 5.32 Å². The van der Waals surface area contributed by atoms with Crippen molar-refractivity contribution in [1.29, 1.82) is 0 Å². The van der Waals surface area contributed by atoms with Crippen LogP contribution in [0.1, 0.15) is 22.0 Å². The third kappa shape index (κ3) is 3.67. The van der Waals surface area contributed by atoms with Gasteiger partial charge in [0.2, 0.25) is 0 Å². The van der Waals surface area contributed by atoms with Gasteiger partial charge in [0.1, 0.15) is 0 Å². The molecule has 0 bridgehead atoms. The lowest BCUT2D eigenvalue weighted by molar-refractivity contribution is -0.148. The van der Waals surface area contributed by atoms with Crippen molar-refractivity contribution in [3.8, 4) is 0 Å². The summed E-state index contributed by atoms with van der Waals surface area (Å²) in [6.07, 6.45) is -1.72. The van der Waals surface area contributed by atoms with E-state index in [0.29, 0.717) is 11.1 Å². The van der Waals surface area contributed by atoms with Crippen LogP contribution in [0, 0.1) is 0 Å². The van der Waals surface area contributed by atoms with Crippen molar-refractivity contribution in [2.45, 2.75) is 12.1 Å². The van der Waals surface area contributed by atoms with Gasteiger partial charge in [-0.15, -0.1) is 0 Å². The first kappa shape index (κ1) is 14.7. The first-order chi connectivity index (χ1) is 10.1. The molecule has 5 heteroatoms. The Morgan fingerprint density at radius 1 is 0.905 bits per heavy atom. The summed E-state index contributed by atoms with van der Waals surface area (Å²) in [6, 6.07) is 15.9. The van der Waals surface area contributed by atoms with Crippen LogP contribution >= 0.6 is 0 Å². The van der Waals surface area contributed by atoms with Crippen molar-refractivity contribution in [3.05, 3.63) is 71.8 Å². The van der Waals surface area contributed by atoms with Crippen molar-refractivity contribution in [2.24, 2.45) is 0 Å². The van der Waals surface area contributed by atoms with E-state index < -0.39 is 24.0 Å². The normalized spacial score (nSPS) is 13.2. The number of hydrogen-bond acceptors (Lipinski definition) is 3. The van der Waals surface area contributed by atoms with E-state index in [1.807, 2.05) is 0 Å². The summed E-state index contributed by atoms with van der Waals surface area (Å²) < 4.78 is 0. The van der Waals surface area contributed by atoms with E-state index in [9.17, 15) is 14.7 Å². The Morgan fingerprint density at radius 2 is 1.43 bits per heavy atom. The molecule has 0 aromatic heterocycles. The van der Waals surface area contributed by atoms with Crippen molar-refractivity contribution in [3.63, 3.8) is 0 Å². The topological polar surface area (TPSA) is 86.6 Å². The van der Waals surface area contributed by atoms with Gasteiger partial charge in [-0.1, -0.05) is 48.5 Å². The standard InChI is InChI=1S/C16H15NO4/c18-14(16(20)21)13(11-7-3-1-4-8-11)17-15(19)12-9-5-2-6-10-12/h1-10,13-14,18H,(H,17,19)(H,20,21)/t13?,14-/m1/s1. The molecule has 0 aliphatic heterocycles. The smallest absolute Gasteiger partial charge is 0.335 e. The Bertz CT molecular complexity index is 613. The quantitative estimate of drug-likeness (QED) is 0.779. The lowest BCUT2D eigenvalue weighted by Gasteiger charge is -2.22. The summed E-state index contributed by atoms with van der Waals surface area (Å²) in [5.74, 6) is -1.83. The summed E-state index contributed by atoms with van der Waals surface area (Å²) in [6.45, 7) is 0. The second-order valence-electron chi connectivity index (χ2n) is 4.51. The summed E-state index contributed by atoms with van der Waals surface area (Å²) in [5.41, 5.74) is 0.924. The number of benzene rings is 2. The van der Waals surface area contributed by atoms with Crippen LogP contribution in [-0.4, -0.2) is 28.2 Å². The van der Waals surface area contributed by atoms with E-state index in [1.54, 1.807) is 60.7 Å². The minimum absolute atomic E-state index is 0.399. The molecular formula is C16H15NO4. The number of carbonyl (C=O) groups excluding carboxylic acids is 1. The van der Waals surface area contributed by atoms with Gasteiger partial charge in [0, 0.05) is 5.56 Å². The van der Waals surface area contributed by atoms with E-state index in [0.717, 1.165) is 0 Å².